The lowest BCUT2D eigenvalue weighted by molar-refractivity contribution is 0.317. The van der Waals surface area contributed by atoms with Gasteiger partial charge in [-0.1, -0.05) is 0 Å². The molecule has 0 spiro atoms. The SMILES string of the molecule is CCn1nccc1-c1cc([C@H]2CCCN(S(C)(=O)=O)C2)ccn1. The molecule has 6 nitrogen and oxygen atoms in total. The van der Waals surface area contributed by atoms with Crippen molar-refractivity contribution in [1.29, 1.82) is 0 Å². The molecule has 1 aliphatic rings. The van der Waals surface area contributed by atoms with Crippen LogP contribution in [0.3, 0.4) is 0 Å². The summed E-state index contributed by atoms with van der Waals surface area (Å²) in [5, 5.41) is 4.29. The third kappa shape index (κ3) is 3.45. The van der Waals surface area contributed by atoms with Crippen molar-refractivity contribution in [2.75, 3.05) is 19.3 Å². The first-order chi connectivity index (χ1) is 11.0. The maximum Gasteiger partial charge on any atom is 0.211 e. The summed E-state index contributed by atoms with van der Waals surface area (Å²) in [6.45, 7) is 4.01. The van der Waals surface area contributed by atoms with E-state index in [-0.39, 0.29) is 5.92 Å². The molecule has 3 heterocycles. The predicted molar refractivity (Wildman–Crippen MR) is 89.5 cm³/mol. The molecule has 0 N–H and O–H groups in total. The van der Waals surface area contributed by atoms with Gasteiger partial charge in [-0.3, -0.25) is 9.67 Å². The molecule has 0 saturated carbocycles. The molecule has 124 valence electrons. The Bertz CT molecular complexity index is 785. The lowest BCUT2D eigenvalue weighted by Gasteiger charge is -2.31. The smallest absolute Gasteiger partial charge is 0.211 e. The van der Waals surface area contributed by atoms with E-state index in [1.165, 1.54) is 6.26 Å². The van der Waals surface area contributed by atoms with Crippen molar-refractivity contribution in [2.45, 2.75) is 32.2 Å². The number of hydrogen-bond acceptors (Lipinski definition) is 4. The van der Waals surface area contributed by atoms with E-state index in [4.69, 9.17) is 0 Å². The third-order valence-corrected chi connectivity index (χ3v) is 5.66. The molecule has 2 aromatic heterocycles. The highest BCUT2D eigenvalue weighted by Gasteiger charge is 2.27. The normalized spacial score (nSPS) is 19.8. The Kier molecular flexibility index (Phi) is 4.50. The molecule has 0 bridgehead atoms. The Morgan fingerprint density at radius 2 is 2.13 bits per heavy atom. The van der Waals surface area contributed by atoms with Crippen LogP contribution in [-0.4, -0.2) is 46.8 Å². The summed E-state index contributed by atoms with van der Waals surface area (Å²) >= 11 is 0. The molecule has 0 aliphatic carbocycles. The Labute approximate surface area is 137 Å². The highest BCUT2D eigenvalue weighted by Crippen LogP contribution is 2.30. The second kappa shape index (κ2) is 6.41. The molecule has 7 heteroatoms. The van der Waals surface area contributed by atoms with E-state index in [1.807, 2.05) is 23.7 Å². The molecular weight excluding hydrogens is 312 g/mol. The number of piperidine rings is 1. The molecule has 0 unspecified atom stereocenters. The van der Waals surface area contributed by atoms with E-state index in [1.54, 1.807) is 16.7 Å². The van der Waals surface area contributed by atoms with Crippen molar-refractivity contribution >= 4 is 10.0 Å². The van der Waals surface area contributed by atoms with E-state index >= 15 is 0 Å². The summed E-state index contributed by atoms with van der Waals surface area (Å²) in [5.74, 6) is 0.221. The standard InChI is InChI=1S/C16H22N4O2S/c1-3-20-16(7-9-18-20)15-11-13(6-8-17-15)14-5-4-10-19(12-14)23(2,21)22/h6-9,11,14H,3-5,10,12H2,1-2H3/t14-/m0/s1. The molecule has 1 aliphatic heterocycles. The van der Waals surface area contributed by atoms with E-state index in [0.717, 1.165) is 36.3 Å². The van der Waals surface area contributed by atoms with Gasteiger partial charge >= 0.3 is 0 Å². The monoisotopic (exact) mass is 334 g/mol. The number of pyridine rings is 1. The number of aromatic nitrogens is 3. The second-order valence-electron chi connectivity index (χ2n) is 5.97. The van der Waals surface area contributed by atoms with Crippen molar-refractivity contribution < 1.29 is 8.42 Å². The Morgan fingerprint density at radius 3 is 2.87 bits per heavy atom. The third-order valence-electron chi connectivity index (χ3n) is 4.39. The fourth-order valence-corrected chi connectivity index (χ4v) is 4.07. The fourth-order valence-electron chi connectivity index (χ4n) is 3.16. The van der Waals surface area contributed by atoms with Gasteiger partial charge in [-0.25, -0.2) is 12.7 Å². The Morgan fingerprint density at radius 1 is 1.30 bits per heavy atom. The first-order valence-corrected chi connectivity index (χ1v) is 9.77. The van der Waals surface area contributed by atoms with Crippen LogP contribution in [0.1, 0.15) is 31.2 Å². The van der Waals surface area contributed by atoms with E-state index in [0.29, 0.717) is 13.1 Å². The van der Waals surface area contributed by atoms with Crippen LogP contribution in [0.25, 0.3) is 11.4 Å². The van der Waals surface area contributed by atoms with Crippen molar-refractivity contribution in [3.8, 4) is 11.4 Å². The largest absolute Gasteiger partial charge is 0.264 e. The zero-order chi connectivity index (χ0) is 16.4. The summed E-state index contributed by atoms with van der Waals surface area (Å²) in [7, 11) is -3.13. The molecule has 23 heavy (non-hydrogen) atoms. The lowest BCUT2D eigenvalue weighted by atomic mass is 9.91. The number of nitrogens with zero attached hydrogens (tertiary/aromatic N) is 4. The average molecular weight is 334 g/mol. The highest BCUT2D eigenvalue weighted by molar-refractivity contribution is 7.88. The maximum absolute atomic E-state index is 11.8. The van der Waals surface area contributed by atoms with Crippen molar-refractivity contribution in [2.24, 2.45) is 0 Å². The van der Waals surface area contributed by atoms with Gasteiger partial charge in [-0.2, -0.15) is 5.10 Å². The summed E-state index contributed by atoms with van der Waals surface area (Å²) in [6, 6.07) is 6.02. The summed E-state index contributed by atoms with van der Waals surface area (Å²) in [5.41, 5.74) is 3.02. The number of sulfonamides is 1. The lowest BCUT2D eigenvalue weighted by Crippen LogP contribution is -2.38. The quantitative estimate of drug-likeness (QED) is 0.859. The van der Waals surface area contributed by atoms with Gasteiger partial charge < -0.3 is 0 Å². The number of hydrogen-bond donors (Lipinski definition) is 0. The van der Waals surface area contributed by atoms with Crippen LogP contribution in [0.5, 0.6) is 0 Å². The van der Waals surface area contributed by atoms with Crippen LogP contribution in [0, 0.1) is 0 Å². The molecule has 1 saturated heterocycles. The minimum absolute atomic E-state index is 0.221. The zero-order valence-electron chi connectivity index (χ0n) is 13.5. The molecule has 1 fully saturated rings. The van der Waals surface area contributed by atoms with Gasteiger partial charge in [0.1, 0.15) is 0 Å². The van der Waals surface area contributed by atoms with E-state index < -0.39 is 10.0 Å². The topological polar surface area (TPSA) is 68.1 Å². The van der Waals surface area contributed by atoms with E-state index in [2.05, 4.69) is 16.1 Å². The molecular formula is C16H22N4O2S. The van der Waals surface area contributed by atoms with Crippen molar-refractivity contribution in [3.05, 3.63) is 36.2 Å². The van der Waals surface area contributed by atoms with Crippen LogP contribution in [0.2, 0.25) is 0 Å². The van der Waals surface area contributed by atoms with Crippen LogP contribution in [0.15, 0.2) is 30.6 Å². The van der Waals surface area contributed by atoms with Gasteiger partial charge in [0.05, 0.1) is 17.6 Å². The van der Waals surface area contributed by atoms with Gasteiger partial charge in [0.15, 0.2) is 0 Å². The van der Waals surface area contributed by atoms with Gasteiger partial charge in [0.25, 0.3) is 0 Å². The van der Waals surface area contributed by atoms with Crippen LogP contribution < -0.4 is 0 Å². The van der Waals surface area contributed by atoms with Gasteiger partial charge in [-0.15, -0.1) is 0 Å². The number of aryl methyl sites for hydroxylation is 1. The Hall–Kier alpha value is -1.73. The number of rotatable bonds is 4. The zero-order valence-corrected chi connectivity index (χ0v) is 14.3. The molecule has 0 radical (unpaired) electrons. The minimum atomic E-state index is -3.13. The van der Waals surface area contributed by atoms with Gasteiger partial charge in [-0.05, 0) is 49.4 Å². The predicted octanol–water partition coefficient (Wildman–Crippen LogP) is 2.10. The maximum atomic E-state index is 11.8. The molecule has 0 amide bonds. The molecule has 3 rings (SSSR count). The Balaban J connectivity index is 1.88. The van der Waals surface area contributed by atoms with Gasteiger partial charge in [0.2, 0.25) is 10.0 Å². The van der Waals surface area contributed by atoms with Crippen LogP contribution in [0.4, 0.5) is 0 Å². The molecule has 2 aromatic rings. The highest BCUT2D eigenvalue weighted by atomic mass is 32.2. The fraction of sp³-hybridized carbons (Fsp3) is 0.500. The van der Waals surface area contributed by atoms with Crippen LogP contribution in [-0.2, 0) is 16.6 Å². The summed E-state index contributed by atoms with van der Waals surface area (Å²) in [6.07, 6.45) is 6.76. The molecule has 1 atom stereocenters. The van der Waals surface area contributed by atoms with Crippen molar-refractivity contribution in [1.82, 2.24) is 19.1 Å². The van der Waals surface area contributed by atoms with Crippen molar-refractivity contribution in [3.63, 3.8) is 0 Å². The average Bonchev–Trinajstić information content (AvgIpc) is 3.03. The summed E-state index contributed by atoms with van der Waals surface area (Å²) in [4.78, 5) is 4.46. The van der Waals surface area contributed by atoms with E-state index in [9.17, 15) is 8.42 Å². The first kappa shape index (κ1) is 16.1. The van der Waals surface area contributed by atoms with Gasteiger partial charge in [0, 0.05) is 32.0 Å². The first-order valence-electron chi connectivity index (χ1n) is 7.92. The van der Waals surface area contributed by atoms with Crippen LogP contribution >= 0.6 is 0 Å². The summed E-state index contributed by atoms with van der Waals surface area (Å²) < 4.78 is 27.1. The minimum Gasteiger partial charge on any atom is -0.264 e. The second-order valence-corrected chi connectivity index (χ2v) is 7.95. The molecule has 0 aromatic carbocycles.